The third kappa shape index (κ3) is 2.43. The first-order valence-electron chi connectivity index (χ1n) is 5.59. The summed E-state index contributed by atoms with van der Waals surface area (Å²) in [5, 5.41) is 3.71. The first-order valence-corrected chi connectivity index (χ1v) is 7.10. The quantitative estimate of drug-likeness (QED) is 0.722. The van der Waals surface area contributed by atoms with Gasteiger partial charge in [-0.05, 0) is 24.3 Å². The second-order valence-electron chi connectivity index (χ2n) is 3.98. The molecular formula is C12H8ClN5S2. The van der Waals surface area contributed by atoms with Crippen molar-refractivity contribution in [1.82, 2.24) is 13.7 Å². The third-order valence-corrected chi connectivity index (χ3v) is 3.77. The highest BCUT2D eigenvalue weighted by Crippen LogP contribution is 2.31. The maximum Gasteiger partial charge on any atom is 0.130 e. The Bertz CT molecular complexity index is 784. The summed E-state index contributed by atoms with van der Waals surface area (Å²) in [7, 11) is 0. The Morgan fingerprint density at radius 1 is 1.25 bits per heavy atom. The van der Waals surface area contributed by atoms with Crippen molar-refractivity contribution in [2.24, 2.45) is 5.73 Å². The van der Waals surface area contributed by atoms with Crippen molar-refractivity contribution < 1.29 is 0 Å². The Morgan fingerprint density at radius 2 is 2.10 bits per heavy atom. The minimum absolute atomic E-state index is 0.313. The molecule has 2 aromatic heterocycles. The standard InChI is InChI=1S/C12H8ClN5S2/c13-7-2-3-8-11(18-20-17-8)10(7)16-9-4-1-6(5-15-9)12(14)19/h1-5H,(H2,14,19)(H,15,16). The maximum absolute atomic E-state index is 6.20. The summed E-state index contributed by atoms with van der Waals surface area (Å²) in [5.41, 5.74) is 8.45. The van der Waals surface area contributed by atoms with Crippen molar-refractivity contribution >= 4 is 63.1 Å². The number of aromatic nitrogens is 3. The molecule has 2 heterocycles. The molecule has 8 heteroatoms. The van der Waals surface area contributed by atoms with E-state index in [0.717, 1.165) is 22.8 Å². The van der Waals surface area contributed by atoms with Crippen LogP contribution in [-0.2, 0) is 0 Å². The molecule has 0 aliphatic rings. The van der Waals surface area contributed by atoms with Gasteiger partial charge in [-0.2, -0.15) is 8.75 Å². The molecule has 0 spiro atoms. The normalized spacial score (nSPS) is 10.7. The van der Waals surface area contributed by atoms with Crippen LogP contribution in [0.5, 0.6) is 0 Å². The van der Waals surface area contributed by atoms with Crippen LogP contribution in [-0.4, -0.2) is 18.7 Å². The number of hydrogen-bond donors (Lipinski definition) is 2. The summed E-state index contributed by atoms with van der Waals surface area (Å²) >= 11 is 12.2. The van der Waals surface area contributed by atoms with Crippen molar-refractivity contribution in [2.75, 3.05) is 5.32 Å². The van der Waals surface area contributed by atoms with E-state index in [-0.39, 0.29) is 0 Å². The lowest BCUT2D eigenvalue weighted by Crippen LogP contribution is -2.09. The number of anilines is 2. The van der Waals surface area contributed by atoms with Crippen molar-refractivity contribution in [3.63, 3.8) is 0 Å². The van der Waals surface area contributed by atoms with Crippen molar-refractivity contribution in [1.29, 1.82) is 0 Å². The van der Waals surface area contributed by atoms with Crippen molar-refractivity contribution in [3.05, 3.63) is 41.0 Å². The van der Waals surface area contributed by atoms with Gasteiger partial charge in [-0.15, -0.1) is 0 Å². The van der Waals surface area contributed by atoms with Crippen LogP contribution in [0.3, 0.4) is 0 Å². The summed E-state index contributed by atoms with van der Waals surface area (Å²) in [4.78, 5) is 4.56. The highest BCUT2D eigenvalue weighted by atomic mass is 35.5. The molecule has 3 aromatic rings. The van der Waals surface area contributed by atoms with E-state index in [4.69, 9.17) is 29.6 Å². The maximum atomic E-state index is 6.20. The van der Waals surface area contributed by atoms with Gasteiger partial charge in [0, 0.05) is 11.8 Å². The zero-order valence-corrected chi connectivity index (χ0v) is 12.4. The number of nitrogens with two attached hydrogens (primary N) is 1. The monoisotopic (exact) mass is 321 g/mol. The molecule has 1 aromatic carbocycles. The number of nitrogens with zero attached hydrogens (tertiary/aromatic N) is 3. The van der Waals surface area contributed by atoms with Crippen LogP contribution in [0.2, 0.25) is 5.02 Å². The number of nitrogens with one attached hydrogen (secondary N) is 1. The van der Waals surface area contributed by atoms with Crippen LogP contribution in [0.1, 0.15) is 5.56 Å². The van der Waals surface area contributed by atoms with Gasteiger partial charge in [0.1, 0.15) is 21.8 Å². The van der Waals surface area contributed by atoms with E-state index in [2.05, 4.69) is 19.0 Å². The van der Waals surface area contributed by atoms with Gasteiger partial charge in [0.15, 0.2) is 0 Å². The third-order valence-electron chi connectivity index (χ3n) is 2.68. The lowest BCUT2D eigenvalue weighted by atomic mass is 10.2. The van der Waals surface area contributed by atoms with Crippen LogP contribution in [0.4, 0.5) is 11.5 Å². The van der Waals surface area contributed by atoms with Gasteiger partial charge in [0.25, 0.3) is 0 Å². The van der Waals surface area contributed by atoms with Crippen LogP contribution in [0.15, 0.2) is 30.5 Å². The summed E-state index contributed by atoms with van der Waals surface area (Å²) in [5.74, 6) is 0.632. The van der Waals surface area contributed by atoms with E-state index in [1.807, 2.05) is 6.07 Å². The van der Waals surface area contributed by atoms with Gasteiger partial charge in [-0.25, -0.2) is 4.98 Å². The van der Waals surface area contributed by atoms with Crippen molar-refractivity contribution in [2.45, 2.75) is 0 Å². The fraction of sp³-hybridized carbons (Fsp3) is 0. The molecule has 0 aliphatic heterocycles. The Labute approximate surface area is 129 Å². The number of benzene rings is 1. The molecule has 0 unspecified atom stereocenters. The predicted octanol–water partition coefficient (Wildman–Crippen LogP) is 3.12. The molecule has 0 amide bonds. The summed E-state index contributed by atoms with van der Waals surface area (Å²) < 4.78 is 8.41. The number of hydrogen-bond acceptors (Lipinski definition) is 6. The van der Waals surface area contributed by atoms with E-state index >= 15 is 0 Å². The topological polar surface area (TPSA) is 76.7 Å². The Morgan fingerprint density at radius 3 is 2.80 bits per heavy atom. The highest BCUT2D eigenvalue weighted by Gasteiger charge is 2.10. The molecule has 3 N–H and O–H groups in total. The minimum Gasteiger partial charge on any atom is -0.389 e. The SMILES string of the molecule is NC(=S)c1ccc(Nc2c(Cl)ccc3nsnc23)nc1. The van der Waals surface area contributed by atoms with Crippen LogP contribution >= 0.6 is 35.5 Å². The lowest BCUT2D eigenvalue weighted by molar-refractivity contribution is 1.30. The van der Waals surface area contributed by atoms with Crippen LogP contribution in [0.25, 0.3) is 11.0 Å². The molecule has 0 saturated carbocycles. The van der Waals surface area contributed by atoms with E-state index in [1.165, 1.54) is 0 Å². The molecule has 0 fully saturated rings. The largest absolute Gasteiger partial charge is 0.389 e. The number of thiocarbonyl (C=S) groups is 1. The van der Waals surface area contributed by atoms with Crippen LogP contribution < -0.4 is 11.1 Å². The fourth-order valence-electron chi connectivity index (χ4n) is 1.69. The summed E-state index contributed by atoms with van der Waals surface area (Å²) in [6.45, 7) is 0. The highest BCUT2D eigenvalue weighted by molar-refractivity contribution is 7.80. The molecule has 0 aliphatic carbocycles. The molecule has 100 valence electrons. The zero-order valence-electron chi connectivity index (χ0n) is 10.0. The van der Waals surface area contributed by atoms with E-state index in [9.17, 15) is 0 Å². The predicted molar refractivity (Wildman–Crippen MR) is 85.8 cm³/mol. The number of halogens is 1. The minimum atomic E-state index is 0.313. The van der Waals surface area contributed by atoms with Gasteiger partial charge in [0.2, 0.25) is 0 Å². The van der Waals surface area contributed by atoms with Gasteiger partial charge in [-0.1, -0.05) is 23.8 Å². The second-order valence-corrected chi connectivity index (χ2v) is 5.35. The van der Waals surface area contributed by atoms with Crippen molar-refractivity contribution in [3.8, 4) is 0 Å². The zero-order chi connectivity index (χ0) is 14.1. The molecule has 0 atom stereocenters. The second kappa shape index (κ2) is 5.28. The molecule has 5 nitrogen and oxygen atoms in total. The molecule has 20 heavy (non-hydrogen) atoms. The average molecular weight is 322 g/mol. The first-order chi connectivity index (χ1) is 9.65. The molecule has 0 saturated heterocycles. The number of fused-ring (bicyclic) bond motifs is 1. The Kier molecular flexibility index (Phi) is 3.47. The van der Waals surface area contributed by atoms with Gasteiger partial charge in [-0.3, -0.25) is 0 Å². The molecule has 0 bridgehead atoms. The number of pyridine rings is 1. The van der Waals surface area contributed by atoms with E-state index in [1.54, 1.807) is 24.4 Å². The van der Waals surface area contributed by atoms with E-state index < -0.39 is 0 Å². The summed E-state index contributed by atoms with van der Waals surface area (Å²) in [6.07, 6.45) is 1.61. The first kappa shape index (κ1) is 13.2. The Hall–Kier alpha value is -1.83. The molecule has 0 radical (unpaired) electrons. The Balaban J connectivity index is 1.98. The van der Waals surface area contributed by atoms with Gasteiger partial charge < -0.3 is 11.1 Å². The van der Waals surface area contributed by atoms with Crippen LogP contribution in [0, 0.1) is 0 Å². The van der Waals surface area contributed by atoms with Gasteiger partial charge >= 0.3 is 0 Å². The van der Waals surface area contributed by atoms with Gasteiger partial charge in [0.05, 0.1) is 22.4 Å². The molecular weight excluding hydrogens is 314 g/mol. The smallest absolute Gasteiger partial charge is 0.130 e. The summed E-state index contributed by atoms with van der Waals surface area (Å²) in [6, 6.07) is 7.18. The fourth-order valence-corrected chi connectivity index (χ4v) is 2.55. The van der Waals surface area contributed by atoms with E-state index in [0.29, 0.717) is 27.1 Å². The molecule has 3 rings (SSSR count). The lowest BCUT2D eigenvalue weighted by Gasteiger charge is -2.08. The average Bonchev–Trinajstić information content (AvgIpc) is 2.91. The number of rotatable bonds is 3.